The minimum absolute atomic E-state index is 0.0105. The molecule has 104 valence electrons. The van der Waals surface area contributed by atoms with Gasteiger partial charge in [-0.15, -0.1) is 0 Å². The van der Waals surface area contributed by atoms with E-state index in [-0.39, 0.29) is 18.0 Å². The van der Waals surface area contributed by atoms with E-state index in [1.54, 1.807) is 0 Å². The molecule has 1 fully saturated rings. The number of carboxylic acid groups (broad SMARTS) is 1. The first-order valence-electron chi connectivity index (χ1n) is 6.64. The summed E-state index contributed by atoms with van der Waals surface area (Å²) in [5.41, 5.74) is 0. The summed E-state index contributed by atoms with van der Waals surface area (Å²) in [6, 6.07) is -0.905. The van der Waals surface area contributed by atoms with Crippen LogP contribution in [0.1, 0.15) is 40.5 Å². The summed E-state index contributed by atoms with van der Waals surface area (Å²) in [6.45, 7) is 8.41. The van der Waals surface area contributed by atoms with Gasteiger partial charge in [0.15, 0.2) is 0 Å². The number of urea groups is 1. The Labute approximate surface area is 109 Å². The molecule has 18 heavy (non-hydrogen) atoms. The number of likely N-dealkylation sites (tertiary alicyclic amines) is 1. The molecule has 0 saturated carbocycles. The molecule has 1 rings (SSSR count). The zero-order valence-electron chi connectivity index (χ0n) is 11.6. The van der Waals surface area contributed by atoms with Crippen LogP contribution in [0.4, 0.5) is 4.79 Å². The summed E-state index contributed by atoms with van der Waals surface area (Å²) in [6.07, 6.45) is 1.73. The molecule has 1 aliphatic heterocycles. The maximum atomic E-state index is 12.1. The second-order valence-electron chi connectivity index (χ2n) is 5.58. The molecule has 0 aromatic heterocycles. The van der Waals surface area contributed by atoms with Crippen molar-refractivity contribution >= 4 is 12.0 Å². The second kappa shape index (κ2) is 6.07. The normalized spacial score (nSPS) is 25.9. The number of hydrogen-bond donors (Lipinski definition) is 2. The summed E-state index contributed by atoms with van der Waals surface area (Å²) in [7, 11) is 0. The molecular weight excluding hydrogens is 232 g/mol. The van der Waals surface area contributed by atoms with Gasteiger partial charge in [-0.3, -0.25) is 0 Å². The van der Waals surface area contributed by atoms with E-state index in [1.165, 1.54) is 4.90 Å². The lowest BCUT2D eigenvalue weighted by Crippen LogP contribution is -2.56. The van der Waals surface area contributed by atoms with E-state index in [1.807, 2.05) is 27.7 Å². The van der Waals surface area contributed by atoms with Gasteiger partial charge >= 0.3 is 12.0 Å². The van der Waals surface area contributed by atoms with E-state index in [2.05, 4.69) is 5.32 Å². The fourth-order valence-electron chi connectivity index (χ4n) is 2.24. The lowest BCUT2D eigenvalue weighted by molar-refractivity contribution is -0.145. The molecule has 5 nitrogen and oxygen atoms in total. The number of carboxylic acids is 1. The molecule has 5 heteroatoms. The Kier molecular flexibility index (Phi) is 4.99. The highest BCUT2D eigenvalue weighted by atomic mass is 16.4. The van der Waals surface area contributed by atoms with Crippen LogP contribution in [0.5, 0.6) is 0 Å². The first-order valence-corrected chi connectivity index (χ1v) is 6.64. The number of amides is 2. The Balaban J connectivity index is 2.72. The topological polar surface area (TPSA) is 69.6 Å². The number of rotatable bonds is 3. The van der Waals surface area contributed by atoms with Crippen LogP contribution < -0.4 is 5.32 Å². The zero-order valence-corrected chi connectivity index (χ0v) is 11.6. The molecule has 1 saturated heterocycles. The lowest BCUT2D eigenvalue weighted by atomic mass is 9.91. The fraction of sp³-hybridized carbons (Fsp3) is 0.846. The molecule has 2 amide bonds. The largest absolute Gasteiger partial charge is 0.480 e. The van der Waals surface area contributed by atoms with Crippen molar-refractivity contribution in [3.8, 4) is 0 Å². The van der Waals surface area contributed by atoms with Crippen LogP contribution >= 0.6 is 0 Å². The third kappa shape index (κ3) is 3.37. The van der Waals surface area contributed by atoms with Crippen LogP contribution in [0.15, 0.2) is 0 Å². The predicted octanol–water partition coefficient (Wildman–Crippen LogP) is 1.93. The highest BCUT2D eigenvalue weighted by Crippen LogP contribution is 2.23. The van der Waals surface area contributed by atoms with Crippen molar-refractivity contribution in [1.29, 1.82) is 0 Å². The van der Waals surface area contributed by atoms with Crippen molar-refractivity contribution in [3.05, 3.63) is 0 Å². The molecule has 0 spiro atoms. The molecule has 0 radical (unpaired) electrons. The molecule has 0 aromatic carbocycles. The van der Waals surface area contributed by atoms with Crippen LogP contribution in [0.25, 0.3) is 0 Å². The summed E-state index contributed by atoms with van der Waals surface area (Å²) in [4.78, 5) is 24.9. The second-order valence-corrected chi connectivity index (χ2v) is 5.58. The van der Waals surface area contributed by atoms with Crippen LogP contribution in [0.2, 0.25) is 0 Å². The Hall–Kier alpha value is -1.26. The minimum Gasteiger partial charge on any atom is -0.480 e. The third-order valence-electron chi connectivity index (χ3n) is 3.80. The maximum Gasteiger partial charge on any atom is 0.326 e. The summed E-state index contributed by atoms with van der Waals surface area (Å²) >= 11 is 0. The quantitative estimate of drug-likeness (QED) is 0.810. The Bertz CT molecular complexity index is 317. The Morgan fingerprint density at radius 1 is 1.33 bits per heavy atom. The fourth-order valence-corrected chi connectivity index (χ4v) is 2.24. The highest BCUT2D eigenvalue weighted by molar-refractivity contribution is 5.83. The average Bonchev–Trinajstić information content (AvgIpc) is 2.27. The van der Waals surface area contributed by atoms with Gasteiger partial charge in [0.2, 0.25) is 0 Å². The van der Waals surface area contributed by atoms with E-state index in [0.717, 1.165) is 12.8 Å². The molecular formula is C13H24N2O3. The van der Waals surface area contributed by atoms with Gasteiger partial charge in [0.1, 0.15) is 6.04 Å². The van der Waals surface area contributed by atoms with E-state index in [0.29, 0.717) is 12.5 Å². The smallest absolute Gasteiger partial charge is 0.326 e. The molecule has 0 aromatic rings. The minimum atomic E-state index is -0.908. The van der Waals surface area contributed by atoms with E-state index < -0.39 is 12.0 Å². The third-order valence-corrected chi connectivity index (χ3v) is 3.80. The van der Waals surface area contributed by atoms with Crippen LogP contribution in [0, 0.1) is 11.8 Å². The van der Waals surface area contributed by atoms with Gasteiger partial charge in [-0.2, -0.15) is 0 Å². The SMILES string of the molecule is CC(C)C(C)NC(=O)N1CCCC(C)C1C(=O)O. The van der Waals surface area contributed by atoms with Gasteiger partial charge in [0.05, 0.1) is 0 Å². The van der Waals surface area contributed by atoms with E-state index in [9.17, 15) is 14.7 Å². The van der Waals surface area contributed by atoms with Crippen molar-refractivity contribution in [3.63, 3.8) is 0 Å². The van der Waals surface area contributed by atoms with Crippen LogP contribution in [-0.2, 0) is 4.79 Å². The van der Waals surface area contributed by atoms with Crippen molar-refractivity contribution < 1.29 is 14.7 Å². The van der Waals surface area contributed by atoms with Crippen LogP contribution in [-0.4, -0.2) is 40.6 Å². The highest BCUT2D eigenvalue weighted by Gasteiger charge is 2.37. The summed E-state index contributed by atoms with van der Waals surface area (Å²) < 4.78 is 0. The monoisotopic (exact) mass is 256 g/mol. The van der Waals surface area contributed by atoms with Crippen molar-refractivity contribution in [1.82, 2.24) is 10.2 Å². The van der Waals surface area contributed by atoms with Crippen molar-refractivity contribution in [2.45, 2.75) is 52.6 Å². The van der Waals surface area contributed by atoms with Gasteiger partial charge in [-0.25, -0.2) is 9.59 Å². The van der Waals surface area contributed by atoms with Crippen LogP contribution in [0.3, 0.4) is 0 Å². The molecule has 3 atom stereocenters. The summed E-state index contributed by atoms with van der Waals surface area (Å²) in [5.74, 6) is -0.564. The average molecular weight is 256 g/mol. The van der Waals surface area contributed by atoms with Crippen molar-refractivity contribution in [2.24, 2.45) is 11.8 Å². The molecule has 0 bridgehead atoms. The van der Waals surface area contributed by atoms with Crippen molar-refractivity contribution in [2.75, 3.05) is 6.54 Å². The summed E-state index contributed by atoms with van der Waals surface area (Å²) in [5, 5.41) is 12.1. The number of nitrogens with one attached hydrogen (secondary N) is 1. The first kappa shape index (κ1) is 14.8. The number of carbonyl (C=O) groups excluding carboxylic acids is 1. The number of carbonyl (C=O) groups is 2. The predicted molar refractivity (Wildman–Crippen MR) is 69.4 cm³/mol. The Morgan fingerprint density at radius 3 is 2.44 bits per heavy atom. The molecule has 3 unspecified atom stereocenters. The zero-order chi connectivity index (χ0) is 13.9. The molecule has 1 aliphatic rings. The number of piperidine rings is 1. The van der Waals surface area contributed by atoms with Gasteiger partial charge in [0, 0.05) is 12.6 Å². The number of hydrogen-bond acceptors (Lipinski definition) is 2. The van der Waals surface area contributed by atoms with Gasteiger partial charge in [-0.05, 0) is 31.6 Å². The van der Waals surface area contributed by atoms with Gasteiger partial charge in [0.25, 0.3) is 0 Å². The molecule has 0 aliphatic carbocycles. The first-order chi connectivity index (χ1) is 8.34. The van der Waals surface area contributed by atoms with Gasteiger partial charge < -0.3 is 15.3 Å². The van der Waals surface area contributed by atoms with Gasteiger partial charge in [-0.1, -0.05) is 20.8 Å². The Morgan fingerprint density at radius 2 is 1.94 bits per heavy atom. The molecule has 2 N–H and O–H groups in total. The number of nitrogens with zero attached hydrogens (tertiary/aromatic N) is 1. The van der Waals surface area contributed by atoms with E-state index >= 15 is 0 Å². The number of aliphatic carboxylic acids is 1. The molecule has 1 heterocycles. The maximum absolute atomic E-state index is 12.1. The van der Waals surface area contributed by atoms with E-state index in [4.69, 9.17) is 0 Å². The standard InChI is InChI=1S/C13H24N2O3/c1-8(2)10(4)14-13(18)15-7-5-6-9(3)11(15)12(16)17/h8-11H,5-7H2,1-4H3,(H,14,18)(H,16,17). The lowest BCUT2D eigenvalue weighted by Gasteiger charge is -2.38.